The topological polar surface area (TPSA) is 29.3 Å². The molecular formula is C17H22N2S. The van der Waals surface area contributed by atoms with E-state index in [1.54, 1.807) is 0 Å². The molecule has 0 spiro atoms. The van der Waals surface area contributed by atoms with E-state index in [-0.39, 0.29) is 6.04 Å². The molecule has 0 aliphatic carbocycles. The van der Waals surface area contributed by atoms with E-state index in [1.807, 2.05) is 0 Å². The summed E-state index contributed by atoms with van der Waals surface area (Å²) in [7, 11) is 2.10. The van der Waals surface area contributed by atoms with Gasteiger partial charge in [-0.3, -0.25) is 4.90 Å². The van der Waals surface area contributed by atoms with E-state index in [0.29, 0.717) is 4.99 Å². The Morgan fingerprint density at radius 2 is 1.90 bits per heavy atom. The quantitative estimate of drug-likeness (QED) is 0.817. The predicted molar refractivity (Wildman–Crippen MR) is 91.0 cm³/mol. The number of likely N-dealkylation sites (N-methyl/N-ethyl adjacent to an activating group) is 1. The van der Waals surface area contributed by atoms with Crippen LogP contribution in [0, 0.1) is 0 Å². The van der Waals surface area contributed by atoms with Gasteiger partial charge in [-0.15, -0.1) is 0 Å². The highest BCUT2D eigenvalue weighted by Gasteiger charge is 2.21. The highest BCUT2D eigenvalue weighted by molar-refractivity contribution is 7.80. The van der Waals surface area contributed by atoms with E-state index in [0.717, 1.165) is 13.0 Å². The Balaban J connectivity index is 2.44. The van der Waals surface area contributed by atoms with Crippen LogP contribution in [0.1, 0.15) is 31.4 Å². The molecule has 2 N–H and O–H groups in total. The zero-order valence-electron chi connectivity index (χ0n) is 12.2. The molecule has 2 nitrogen and oxygen atoms in total. The monoisotopic (exact) mass is 286 g/mol. The van der Waals surface area contributed by atoms with Crippen LogP contribution in [0.3, 0.4) is 0 Å². The number of nitrogens with two attached hydrogens (primary N) is 1. The molecule has 0 fully saturated rings. The summed E-state index contributed by atoms with van der Waals surface area (Å²) in [6, 6.07) is 14.7. The maximum absolute atomic E-state index is 6.02. The van der Waals surface area contributed by atoms with Crippen LogP contribution in [0.5, 0.6) is 0 Å². The molecule has 0 aliphatic rings. The maximum Gasteiger partial charge on any atom is 0.0948 e. The van der Waals surface area contributed by atoms with E-state index in [4.69, 9.17) is 18.0 Å². The molecule has 2 aromatic rings. The van der Waals surface area contributed by atoms with Gasteiger partial charge in [0, 0.05) is 0 Å². The zero-order valence-corrected chi connectivity index (χ0v) is 13.0. The molecule has 0 aromatic heterocycles. The number of thiocarbonyl (C=S) groups is 1. The summed E-state index contributed by atoms with van der Waals surface area (Å²) in [5.41, 5.74) is 7.23. The highest BCUT2D eigenvalue weighted by Crippen LogP contribution is 2.28. The lowest BCUT2D eigenvalue weighted by Crippen LogP contribution is -2.35. The molecule has 0 bridgehead atoms. The summed E-state index contributed by atoms with van der Waals surface area (Å²) >= 11 is 5.32. The first-order valence-electron chi connectivity index (χ1n) is 7.12. The summed E-state index contributed by atoms with van der Waals surface area (Å²) in [6.07, 6.45) is 2.32. The summed E-state index contributed by atoms with van der Waals surface area (Å²) in [6.45, 7) is 3.20. The molecule has 0 saturated carbocycles. The first kappa shape index (κ1) is 14.9. The van der Waals surface area contributed by atoms with Gasteiger partial charge in [0.1, 0.15) is 0 Å². The first-order chi connectivity index (χ1) is 9.65. The van der Waals surface area contributed by atoms with Crippen molar-refractivity contribution in [1.82, 2.24) is 4.90 Å². The first-order valence-corrected chi connectivity index (χ1v) is 7.53. The lowest BCUT2D eigenvalue weighted by atomic mass is 9.97. The SMILES string of the molecule is CCCCN(C)C(C(N)=S)c1cccc2ccccc12. The van der Waals surface area contributed by atoms with Gasteiger partial charge < -0.3 is 5.73 Å². The van der Waals surface area contributed by atoms with Crippen molar-refractivity contribution < 1.29 is 0 Å². The Hall–Kier alpha value is -1.45. The Bertz CT molecular complexity index is 589. The minimum Gasteiger partial charge on any atom is -0.392 e. The van der Waals surface area contributed by atoms with Gasteiger partial charge in [-0.25, -0.2) is 0 Å². The van der Waals surface area contributed by atoms with E-state index >= 15 is 0 Å². The second kappa shape index (κ2) is 6.82. The fourth-order valence-corrected chi connectivity index (χ4v) is 2.94. The molecule has 0 radical (unpaired) electrons. The Labute approximate surface area is 126 Å². The van der Waals surface area contributed by atoms with Crippen LogP contribution in [0.2, 0.25) is 0 Å². The lowest BCUT2D eigenvalue weighted by molar-refractivity contribution is 0.298. The molecule has 0 aliphatic heterocycles. The van der Waals surface area contributed by atoms with Crippen molar-refractivity contribution in [1.29, 1.82) is 0 Å². The number of benzene rings is 2. The molecular weight excluding hydrogens is 264 g/mol. The number of nitrogens with zero attached hydrogens (tertiary/aromatic N) is 1. The third kappa shape index (κ3) is 3.17. The number of rotatable bonds is 6. The van der Waals surface area contributed by atoms with Crippen molar-refractivity contribution in [2.45, 2.75) is 25.8 Å². The smallest absolute Gasteiger partial charge is 0.0948 e. The summed E-state index contributed by atoms with van der Waals surface area (Å²) in [5, 5.41) is 2.46. The van der Waals surface area contributed by atoms with E-state index < -0.39 is 0 Å². The van der Waals surface area contributed by atoms with Gasteiger partial charge in [0.15, 0.2) is 0 Å². The van der Waals surface area contributed by atoms with E-state index in [2.05, 4.69) is 61.3 Å². The van der Waals surface area contributed by atoms with Crippen molar-refractivity contribution in [3.63, 3.8) is 0 Å². The van der Waals surface area contributed by atoms with E-state index in [1.165, 1.54) is 22.8 Å². The second-order valence-corrected chi connectivity index (χ2v) is 5.68. The molecule has 0 amide bonds. The van der Waals surface area contributed by atoms with Crippen LogP contribution in [-0.4, -0.2) is 23.5 Å². The van der Waals surface area contributed by atoms with Gasteiger partial charge in [0.2, 0.25) is 0 Å². The molecule has 106 valence electrons. The molecule has 1 atom stereocenters. The fraction of sp³-hybridized carbons (Fsp3) is 0.353. The van der Waals surface area contributed by atoms with Crippen LogP contribution in [0.4, 0.5) is 0 Å². The second-order valence-electron chi connectivity index (χ2n) is 5.21. The van der Waals surface area contributed by atoms with Gasteiger partial charge in [0.05, 0.1) is 11.0 Å². The van der Waals surface area contributed by atoms with Crippen LogP contribution in [0.15, 0.2) is 42.5 Å². The molecule has 0 heterocycles. The average molecular weight is 286 g/mol. The summed E-state index contributed by atoms with van der Waals surface area (Å²) < 4.78 is 0. The van der Waals surface area contributed by atoms with Crippen LogP contribution in [-0.2, 0) is 0 Å². The molecule has 20 heavy (non-hydrogen) atoms. The minimum absolute atomic E-state index is 0.00245. The van der Waals surface area contributed by atoms with Crippen molar-refractivity contribution in [3.8, 4) is 0 Å². The van der Waals surface area contributed by atoms with Crippen molar-refractivity contribution in [2.75, 3.05) is 13.6 Å². The molecule has 0 saturated heterocycles. The molecule has 3 heteroatoms. The van der Waals surface area contributed by atoms with Gasteiger partial charge in [-0.2, -0.15) is 0 Å². The van der Waals surface area contributed by atoms with Crippen molar-refractivity contribution in [3.05, 3.63) is 48.0 Å². The molecule has 2 rings (SSSR count). The summed E-state index contributed by atoms with van der Waals surface area (Å²) in [4.78, 5) is 2.80. The lowest BCUT2D eigenvalue weighted by Gasteiger charge is -2.28. The fourth-order valence-electron chi connectivity index (χ4n) is 2.63. The standard InChI is InChI=1S/C17H22N2S/c1-3-4-12-19(2)16(17(18)20)15-11-7-9-13-8-5-6-10-14(13)15/h5-11,16H,3-4,12H2,1-2H3,(H2,18,20). The van der Waals surface area contributed by atoms with Gasteiger partial charge in [0.25, 0.3) is 0 Å². The Morgan fingerprint density at radius 1 is 1.20 bits per heavy atom. The third-order valence-electron chi connectivity index (χ3n) is 3.69. The number of unbranched alkanes of at least 4 members (excludes halogenated alkanes) is 1. The van der Waals surface area contributed by atoms with Gasteiger partial charge in [-0.1, -0.05) is 68.0 Å². The van der Waals surface area contributed by atoms with E-state index in [9.17, 15) is 0 Å². The summed E-state index contributed by atoms with van der Waals surface area (Å²) in [5.74, 6) is 0. The van der Waals surface area contributed by atoms with Crippen LogP contribution >= 0.6 is 12.2 Å². The van der Waals surface area contributed by atoms with Crippen LogP contribution in [0.25, 0.3) is 10.8 Å². The molecule has 1 unspecified atom stereocenters. The van der Waals surface area contributed by atoms with Gasteiger partial charge >= 0.3 is 0 Å². The number of hydrogen-bond donors (Lipinski definition) is 1. The van der Waals surface area contributed by atoms with Crippen molar-refractivity contribution >= 4 is 28.0 Å². The zero-order chi connectivity index (χ0) is 14.5. The minimum atomic E-state index is 0.00245. The number of hydrogen-bond acceptors (Lipinski definition) is 2. The predicted octanol–water partition coefficient (Wildman–Crippen LogP) is 3.90. The normalized spacial score (nSPS) is 12.8. The third-order valence-corrected chi connectivity index (χ3v) is 3.92. The molecule has 2 aromatic carbocycles. The largest absolute Gasteiger partial charge is 0.392 e. The Morgan fingerprint density at radius 3 is 2.60 bits per heavy atom. The number of fused-ring (bicyclic) bond motifs is 1. The highest BCUT2D eigenvalue weighted by atomic mass is 32.1. The average Bonchev–Trinajstić information content (AvgIpc) is 2.45. The van der Waals surface area contributed by atoms with Crippen LogP contribution < -0.4 is 5.73 Å². The Kier molecular flexibility index (Phi) is 5.10. The maximum atomic E-state index is 6.02. The van der Waals surface area contributed by atoms with Gasteiger partial charge in [-0.05, 0) is 36.3 Å². The van der Waals surface area contributed by atoms with Crippen molar-refractivity contribution in [2.24, 2.45) is 5.73 Å².